The Morgan fingerprint density at radius 2 is 1.76 bits per heavy atom. The van der Waals surface area contributed by atoms with Crippen molar-refractivity contribution in [3.05, 3.63) is 66.4 Å². The van der Waals surface area contributed by atoms with Crippen molar-refractivity contribution < 1.29 is 9.53 Å². The molecular formula is C17H18N2O2. The Bertz CT molecular complexity index is 677. The SMILES string of the molecule is NCCc1c[nH]c2ccccc12.O=COc1ccccc1. The van der Waals surface area contributed by atoms with Gasteiger partial charge in [0.1, 0.15) is 5.75 Å². The molecule has 0 aliphatic carbocycles. The van der Waals surface area contributed by atoms with Crippen LogP contribution in [0, 0.1) is 0 Å². The van der Waals surface area contributed by atoms with E-state index in [-0.39, 0.29) is 0 Å². The van der Waals surface area contributed by atoms with Crippen molar-refractivity contribution in [1.82, 2.24) is 4.98 Å². The number of ether oxygens (including phenoxy) is 1. The number of hydrogen-bond donors (Lipinski definition) is 2. The molecule has 0 saturated carbocycles. The van der Waals surface area contributed by atoms with E-state index in [0.29, 0.717) is 18.8 Å². The number of aromatic nitrogens is 1. The Labute approximate surface area is 123 Å². The van der Waals surface area contributed by atoms with Gasteiger partial charge in [-0.1, -0.05) is 36.4 Å². The molecule has 108 valence electrons. The monoisotopic (exact) mass is 282 g/mol. The van der Waals surface area contributed by atoms with Gasteiger partial charge in [0, 0.05) is 17.1 Å². The first-order chi connectivity index (χ1) is 10.3. The summed E-state index contributed by atoms with van der Waals surface area (Å²) < 4.78 is 4.53. The predicted molar refractivity (Wildman–Crippen MR) is 84.2 cm³/mol. The molecule has 0 aliphatic heterocycles. The van der Waals surface area contributed by atoms with Crippen molar-refractivity contribution in [2.45, 2.75) is 6.42 Å². The molecule has 3 aromatic rings. The standard InChI is InChI=1S/C10H12N2.C7H6O2/c11-6-5-8-7-12-10-4-2-1-3-9(8)10;8-6-9-7-4-2-1-3-5-7/h1-4,7,12H,5-6,11H2;1-6H. The summed E-state index contributed by atoms with van der Waals surface area (Å²) in [6.45, 7) is 1.12. The summed E-state index contributed by atoms with van der Waals surface area (Å²) in [6, 6.07) is 17.2. The number of aromatic amines is 1. The molecule has 0 saturated heterocycles. The minimum absolute atomic E-state index is 0.412. The van der Waals surface area contributed by atoms with E-state index < -0.39 is 0 Å². The van der Waals surface area contributed by atoms with Crippen LogP contribution in [0.1, 0.15) is 5.56 Å². The Morgan fingerprint density at radius 1 is 1.05 bits per heavy atom. The zero-order valence-corrected chi connectivity index (χ0v) is 11.7. The quantitative estimate of drug-likeness (QED) is 0.723. The third kappa shape index (κ3) is 4.19. The normalized spacial score (nSPS) is 9.76. The highest BCUT2D eigenvalue weighted by Crippen LogP contribution is 2.17. The van der Waals surface area contributed by atoms with Gasteiger partial charge < -0.3 is 15.5 Å². The fourth-order valence-corrected chi connectivity index (χ4v) is 2.05. The molecule has 0 atom stereocenters. The third-order valence-corrected chi connectivity index (χ3v) is 3.02. The van der Waals surface area contributed by atoms with Crippen molar-refractivity contribution in [2.24, 2.45) is 5.73 Å². The van der Waals surface area contributed by atoms with Crippen LogP contribution in [-0.2, 0) is 11.2 Å². The van der Waals surface area contributed by atoms with Crippen LogP contribution in [0.2, 0.25) is 0 Å². The molecule has 0 radical (unpaired) electrons. The molecule has 1 heterocycles. The maximum atomic E-state index is 9.75. The lowest BCUT2D eigenvalue weighted by atomic mass is 10.1. The maximum absolute atomic E-state index is 9.75. The molecule has 3 N–H and O–H groups in total. The van der Waals surface area contributed by atoms with Gasteiger partial charge >= 0.3 is 0 Å². The van der Waals surface area contributed by atoms with Crippen LogP contribution < -0.4 is 10.5 Å². The summed E-state index contributed by atoms with van der Waals surface area (Å²) >= 11 is 0. The van der Waals surface area contributed by atoms with E-state index in [1.54, 1.807) is 24.3 Å². The van der Waals surface area contributed by atoms with Gasteiger partial charge in [-0.05, 0) is 36.7 Å². The molecule has 3 rings (SSSR count). The first-order valence-electron chi connectivity index (χ1n) is 6.75. The van der Waals surface area contributed by atoms with Gasteiger partial charge in [-0.3, -0.25) is 4.79 Å². The van der Waals surface area contributed by atoms with Crippen molar-refractivity contribution >= 4 is 17.4 Å². The number of nitrogens with one attached hydrogen (secondary N) is 1. The Balaban J connectivity index is 0.000000161. The number of carbonyl (C=O) groups excluding carboxylic acids is 1. The molecule has 0 unspecified atom stereocenters. The molecule has 0 amide bonds. The van der Waals surface area contributed by atoms with Crippen molar-refractivity contribution in [3.8, 4) is 5.75 Å². The zero-order chi connectivity index (χ0) is 14.9. The summed E-state index contributed by atoms with van der Waals surface area (Å²) in [5.41, 5.74) is 8.01. The van der Waals surface area contributed by atoms with Gasteiger partial charge in [0.2, 0.25) is 0 Å². The van der Waals surface area contributed by atoms with Crippen LogP contribution in [0.4, 0.5) is 0 Å². The number of para-hydroxylation sites is 2. The van der Waals surface area contributed by atoms with Crippen LogP contribution >= 0.6 is 0 Å². The second kappa shape index (κ2) is 7.87. The molecule has 0 fully saturated rings. The van der Waals surface area contributed by atoms with Crippen LogP contribution in [0.25, 0.3) is 10.9 Å². The number of rotatable bonds is 4. The number of carbonyl (C=O) groups is 1. The Kier molecular flexibility index (Phi) is 5.55. The average Bonchev–Trinajstić information content (AvgIpc) is 2.93. The van der Waals surface area contributed by atoms with E-state index in [9.17, 15) is 4.79 Å². The highest BCUT2D eigenvalue weighted by molar-refractivity contribution is 5.83. The van der Waals surface area contributed by atoms with Crippen molar-refractivity contribution in [2.75, 3.05) is 6.54 Å². The number of H-pyrrole nitrogens is 1. The zero-order valence-electron chi connectivity index (χ0n) is 11.7. The van der Waals surface area contributed by atoms with E-state index in [1.165, 1.54) is 16.5 Å². The van der Waals surface area contributed by atoms with Gasteiger partial charge in [-0.25, -0.2) is 0 Å². The average molecular weight is 282 g/mol. The lowest BCUT2D eigenvalue weighted by Gasteiger charge is -1.93. The van der Waals surface area contributed by atoms with Crippen LogP contribution in [-0.4, -0.2) is 18.0 Å². The van der Waals surface area contributed by atoms with E-state index in [4.69, 9.17) is 5.73 Å². The van der Waals surface area contributed by atoms with Crippen LogP contribution in [0.5, 0.6) is 5.75 Å². The van der Waals surface area contributed by atoms with Gasteiger partial charge in [0.15, 0.2) is 0 Å². The van der Waals surface area contributed by atoms with Gasteiger partial charge in [0.25, 0.3) is 6.47 Å². The summed E-state index contributed by atoms with van der Waals surface area (Å²) in [7, 11) is 0. The van der Waals surface area contributed by atoms with E-state index in [2.05, 4.69) is 27.9 Å². The minimum Gasteiger partial charge on any atom is -0.429 e. The lowest BCUT2D eigenvalue weighted by molar-refractivity contribution is -0.120. The molecule has 0 spiro atoms. The van der Waals surface area contributed by atoms with Crippen LogP contribution in [0.3, 0.4) is 0 Å². The smallest absolute Gasteiger partial charge is 0.298 e. The first kappa shape index (κ1) is 14.8. The summed E-state index contributed by atoms with van der Waals surface area (Å²) in [6.07, 6.45) is 2.99. The fourth-order valence-electron chi connectivity index (χ4n) is 2.05. The first-order valence-corrected chi connectivity index (χ1v) is 6.75. The highest BCUT2D eigenvalue weighted by atomic mass is 16.5. The summed E-state index contributed by atoms with van der Waals surface area (Å²) in [5.74, 6) is 0.576. The van der Waals surface area contributed by atoms with Gasteiger partial charge in [-0.2, -0.15) is 0 Å². The van der Waals surface area contributed by atoms with Crippen molar-refractivity contribution in [1.29, 1.82) is 0 Å². The van der Waals surface area contributed by atoms with Gasteiger partial charge in [0.05, 0.1) is 0 Å². The van der Waals surface area contributed by atoms with Crippen molar-refractivity contribution in [3.63, 3.8) is 0 Å². The molecule has 0 aliphatic rings. The van der Waals surface area contributed by atoms with Crippen LogP contribution in [0.15, 0.2) is 60.8 Å². The highest BCUT2D eigenvalue weighted by Gasteiger charge is 1.99. The largest absolute Gasteiger partial charge is 0.429 e. The number of hydrogen-bond acceptors (Lipinski definition) is 3. The molecule has 1 aromatic heterocycles. The summed E-state index contributed by atoms with van der Waals surface area (Å²) in [4.78, 5) is 13.0. The molecule has 2 aromatic carbocycles. The maximum Gasteiger partial charge on any atom is 0.298 e. The molecule has 4 heteroatoms. The fraction of sp³-hybridized carbons (Fsp3) is 0.118. The number of nitrogens with two attached hydrogens (primary N) is 1. The number of fused-ring (bicyclic) bond motifs is 1. The topological polar surface area (TPSA) is 68.1 Å². The third-order valence-electron chi connectivity index (χ3n) is 3.02. The Morgan fingerprint density at radius 3 is 2.48 bits per heavy atom. The predicted octanol–water partition coefficient (Wildman–Crippen LogP) is 2.89. The summed E-state index contributed by atoms with van der Waals surface area (Å²) in [5, 5.41) is 1.29. The molecule has 4 nitrogen and oxygen atoms in total. The second-order valence-corrected chi connectivity index (χ2v) is 4.43. The lowest BCUT2D eigenvalue weighted by Crippen LogP contribution is -2.01. The number of benzene rings is 2. The van der Waals surface area contributed by atoms with E-state index >= 15 is 0 Å². The Hall–Kier alpha value is -2.59. The molecule has 0 bridgehead atoms. The second-order valence-electron chi connectivity index (χ2n) is 4.43. The van der Waals surface area contributed by atoms with Gasteiger partial charge in [-0.15, -0.1) is 0 Å². The molecule has 21 heavy (non-hydrogen) atoms. The van der Waals surface area contributed by atoms with E-state index in [0.717, 1.165) is 6.42 Å². The van der Waals surface area contributed by atoms with E-state index in [1.807, 2.05) is 18.3 Å². The molecular weight excluding hydrogens is 264 g/mol. The minimum atomic E-state index is 0.412.